The number of carbonyl (C=O) groups is 1. The summed E-state index contributed by atoms with van der Waals surface area (Å²) >= 11 is 6.20. The number of anilines is 1. The first-order valence-electron chi connectivity index (χ1n) is 7.66. The van der Waals surface area contributed by atoms with Gasteiger partial charge in [0.05, 0.1) is 16.6 Å². The third-order valence-electron chi connectivity index (χ3n) is 4.09. The molecule has 0 radical (unpaired) electrons. The van der Waals surface area contributed by atoms with E-state index in [4.69, 9.17) is 16.1 Å². The van der Waals surface area contributed by atoms with Crippen molar-refractivity contribution in [2.45, 2.75) is 12.3 Å². The van der Waals surface area contributed by atoms with E-state index < -0.39 is 0 Å². The van der Waals surface area contributed by atoms with Crippen molar-refractivity contribution in [3.63, 3.8) is 0 Å². The molecule has 0 spiro atoms. The van der Waals surface area contributed by atoms with Crippen LogP contribution < -0.4 is 4.90 Å². The molecule has 0 saturated carbocycles. The summed E-state index contributed by atoms with van der Waals surface area (Å²) in [6.45, 7) is 0.485. The Hall–Kier alpha value is -2.66. The van der Waals surface area contributed by atoms with E-state index in [0.717, 1.165) is 11.3 Å². The zero-order chi connectivity index (χ0) is 16.5. The molecule has 4 rings (SSSR count). The monoisotopic (exact) mass is 339 g/mol. The molecule has 1 amide bonds. The minimum absolute atomic E-state index is 0.00700. The highest BCUT2D eigenvalue weighted by Crippen LogP contribution is 2.35. The van der Waals surface area contributed by atoms with Gasteiger partial charge in [-0.05, 0) is 12.1 Å². The predicted octanol–water partition coefficient (Wildman–Crippen LogP) is 3.91. The van der Waals surface area contributed by atoms with Crippen LogP contribution in [0.3, 0.4) is 0 Å². The molecule has 0 N–H and O–H groups in total. The SMILES string of the molecule is O=C1CC(c2nc(-c3ccccc3)no2)CN1c1ccccc1Cl. The zero-order valence-corrected chi connectivity index (χ0v) is 13.5. The van der Waals surface area contributed by atoms with Gasteiger partial charge in [-0.15, -0.1) is 0 Å². The molecule has 24 heavy (non-hydrogen) atoms. The van der Waals surface area contributed by atoms with Gasteiger partial charge in [-0.3, -0.25) is 4.79 Å². The lowest BCUT2D eigenvalue weighted by molar-refractivity contribution is -0.117. The third-order valence-corrected chi connectivity index (χ3v) is 4.41. The maximum Gasteiger partial charge on any atom is 0.232 e. The van der Waals surface area contributed by atoms with Crippen LogP contribution >= 0.6 is 11.6 Å². The van der Waals surface area contributed by atoms with Crippen molar-refractivity contribution in [1.29, 1.82) is 0 Å². The minimum Gasteiger partial charge on any atom is -0.339 e. The van der Waals surface area contributed by atoms with Crippen LogP contribution in [-0.2, 0) is 4.79 Å². The molecule has 3 aromatic rings. The highest BCUT2D eigenvalue weighted by molar-refractivity contribution is 6.33. The smallest absolute Gasteiger partial charge is 0.232 e. The standard InChI is InChI=1S/C18H14ClN3O2/c19-14-8-4-5-9-15(14)22-11-13(10-16(22)23)18-20-17(21-24-18)12-6-2-1-3-7-12/h1-9,13H,10-11H2. The summed E-state index contributed by atoms with van der Waals surface area (Å²) in [4.78, 5) is 18.5. The number of rotatable bonds is 3. The molecule has 5 nitrogen and oxygen atoms in total. The van der Waals surface area contributed by atoms with Crippen molar-refractivity contribution in [3.8, 4) is 11.4 Å². The van der Waals surface area contributed by atoms with Gasteiger partial charge in [0.1, 0.15) is 0 Å². The summed E-state index contributed by atoms with van der Waals surface area (Å²) in [5.74, 6) is 0.900. The lowest BCUT2D eigenvalue weighted by Crippen LogP contribution is -2.24. The maximum atomic E-state index is 12.4. The quantitative estimate of drug-likeness (QED) is 0.726. The number of aromatic nitrogens is 2. The van der Waals surface area contributed by atoms with E-state index in [1.807, 2.05) is 48.5 Å². The average molecular weight is 340 g/mol. The summed E-state index contributed by atoms with van der Waals surface area (Å²) in [5.41, 5.74) is 1.61. The zero-order valence-electron chi connectivity index (χ0n) is 12.7. The van der Waals surface area contributed by atoms with Gasteiger partial charge in [-0.2, -0.15) is 4.98 Å². The fourth-order valence-electron chi connectivity index (χ4n) is 2.88. The van der Waals surface area contributed by atoms with Crippen molar-refractivity contribution in [3.05, 3.63) is 65.5 Å². The second-order valence-corrected chi connectivity index (χ2v) is 6.09. The molecule has 1 aromatic heterocycles. The summed E-state index contributed by atoms with van der Waals surface area (Å²) in [5, 5.41) is 4.59. The molecular weight excluding hydrogens is 326 g/mol. The molecule has 1 saturated heterocycles. The van der Waals surface area contributed by atoms with Gasteiger partial charge < -0.3 is 9.42 Å². The van der Waals surface area contributed by atoms with Crippen LogP contribution in [-0.4, -0.2) is 22.6 Å². The molecule has 2 aromatic carbocycles. The summed E-state index contributed by atoms with van der Waals surface area (Å²) in [6.07, 6.45) is 0.335. The lowest BCUT2D eigenvalue weighted by Gasteiger charge is -2.17. The maximum absolute atomic E-state index is 12.4. The Morgan fingerprint density at radius 1 is 1.08 bits per heavy atom. The Morgan fingerprint density at radius 2 is 1.83 bits per heavy atom. The Labute approximate surface area is 143 Å². The minimum atomic E-state index is -0.126. The van der Waals surface area contributed by atoms with Gasteiger partial charge in [0.15, 0.2) is 0 Å². The first-order valence-corrected chi connectivity index (χ1v) is 8.04. The van der Waals surface area contributed by atoms with E-state index in [1.165, 1.54) is 0 Å². The van der Waals surface area contributed by atoms with Crippen molar-refractivity contribution in [1.82, 2.24) is 10.1 Å². The van der Waals surface area contributed by atoms with E-state index in [-0.39, 0.29) is 11.8 Å². The number of nitrogens with zero attached hydrogens (tertiary/aromatic N) is 3. The Bertz CT molecular complexity index is 879. The van der Waals surface area contributed by atoms with Gasteiger partial charge >= 0.3 is 0 Å². The van der Waals surface area contributed by atoms with Crippen LogP contribution in [0.25, 0.3) is 11.4 Å². The van der Waals surface area contributed by atoms with Crippen LogP contribution in [0.1, 0.15) is 18.2 Å². The fourth-order valence-corrected chi connectivity index (χ4v) is 3.12. The number of amides is 1. The van der Waals surface area contributed by atoms with E-state index in [2.05, 4.69) is 10.1 Å². The van der Waals surface area contributed by atoms with Gasteiger partial charge in [-0.25, -0.2) is 0 Å². The number of para-hydroxylation sites is 1. The highest BCUT2D eigenvalue weighted by atomic mass is 35.5. The summed E-state index contributed by atoms with van der Waals surface area (Å²) in [6, 6.07) is 16.9. The molecule has 0 aliphatic carbocycles. The number of hydrogen-bond acceptors (Lipinski definition) is 4. The molecule has 1 aliphatic rings. The topological polar surface area (TPSA) is 59.2 Å². The Kier molecular flexibility index (Phi) is 3.78. The molecule has 1 aliphatic heterocycles. The molecular formula is C18H14ClN3O2. The van der Waals surface area contributed by atoms with Crippen LogP contribution in [0, 0.1) is 0 Å². The van der Waals surface area contributed by atoms with E-state index in [9.17, 15) is 4.79 Å². The number of benzene rings is 2. The fraction of sp³-hybridized carbons (Fsp3) is 0.167. The van der Waals surface area contributed by atoms with E-state index in [1.54, 1.807) is 11.0 Å². The number of hydrogen-bond donors (Lipinski definition) is 0. The number of carbonyl (C=O) groups excluding carboxylic acids is 1. The first-order chi connectivity index (χ1) is 11.7. The normalized spacial score (nSPS) is 17.5. The number of halogens is 1. The molecule has 6 heteroatoms. The molecule has 1 unspecified atom stereocenters. The van der Waals surface area contributed by atoms with Crippen molar-refractivity contribution >= 4 is 23.2 Å². The van der Waals surface area contributed by atoms with Crippen molar-refractivity contribution in [2.75, 3.05) is 11.4 Å². The summed E-state index contributed by atoms with van der Waals surface area (Å²) in [7, 11) is 0. The molecule has 1 fully saturated rings. The molecule has 2 heterocycles. The second kappa shape index (κ2) is 6.09. The summed E-state index contributed by atoms with van der Waals surface area (Å²) < 4.78 is 5.39. The lowest BCUT2D eigenvalue weighted by atomic mass is 10.1. The van der Waals surface area contributed by atoms with Gasteiger partial charge in [-0.1, -0.05) is 59.2 Å². The first kappa shape index (κ1) is 14.9. The average Bonchev–Trinajstić information content (AvgIpc) is 3.23. The molecule has 120 valence electrons. The van der Waals surface area contributed by atoms with Gasteiger partial charge in [0.25, 0.3) is 0 Å². The van der Waals surface area contributed by atoms with Crippen LogP contribution in [0.2, 0.25) is 5.02 Å². The predicted molar refractivity (Wildman–Crippen MR) is 90.9 cm³/mol. The van der Waals surface area contributed by atoms with E-state index in [0.29, 0.717) is 29.7 Å². The van der Waals surface area contributed by atoms with Crippen LogP contribution in [0.4, 0.5) is 5.69 Å². The van der Waals surface area contributed by atoms with Crippen LogP contribution in [0.5, 0.6) is 0 Å². The molecule has 0 bridgehead atoms. The van der Waals surface area contributed by atoms with Gasteiger partial charge in [0, 0.05) is 18.5 Å². The van der Waals surface area contributed by atoms with Crippen LogP contribution in [0.15, 0.2) is 59.1 Å². The van der Waals surface area contributed by atoms with Crippen molar-refractivity contribution < 1.29 is 9.32 Å². The Morgan fingerprint density at radius 3 is 2.62 bits per heavy atom. The third kappa shape index (κ3) is 2.67. The largest absolute Gasteiger partial charge is 0.339 e. The molecule has 1 atom stereocenters. The Balaban J connectivity index is 1.58. The highest BCUT2D eigenvalue weighted by Gasteiger charge is 2.35. The van der Waals surface area contributed by atoms with Gasteiger partial charge in [0.2, 0.25) is 17.6 Å². The van der Waals surface area contributed by atoms with Crippen molar-refractivity contribution in [2.24, 2.45) is 0 Å². The second-order valence-electron chi connectivity index (χ2n) is 5.68. The van der Waals surface area contributed by atoms with E-state index >= 15 is 0 Å².